The summed E-state index contributed by atoms with van der Waals surface area (Å²) < 4.78 is 28.8. The number of carbonyl (C=O) groups is 2. The highest BCUT2D eigenvalue weighted by Gasteiger charge is 2.47. The number of benzene rings is 2. The Morgan fingerprint density at radius 1 is 0.871 bits per heavy atom. The molecular formula is C24H28N2O4S. The van der Waals surface area contributed by atoms with Crippen LogP contribution >= 0.6 is 0 Å². The van der Waals surface area contributed by atoms with Gasteiger partial charge in [-0.3, -0.25) is 19.2 Å². The molecule has 0 unspecified atom stereocenters. The second-order valence-electron chi connectivity index (χ2n) is 8.76. The van der Waals surface area contributed by atoms with Crippen molar-refractivity contribution in [2.75, 3.05) is 4.72 Å². The normalized spacial score (nSPS) is 21.3. The minimum Gasteiger partial charge on any atom is -0.280 e. The number of fused-ring (bicyclic) bond motifs is 1. The molecule has 7 heteroatoms. The second-order valence-corrected chi connectivity index (χ2v) is 10.4. The van der Waals surface area contributed by atoms with Crippen LogP contribution in [0.15, 0.2) is 41.3 Å². The summed E-state index contributed by atoms with van der Waals surface area (Å²) in [5.41, 5.74) is 3.82. The van der Waals surface area contributed by atoms with Crippen molar-refractivity contribution in [3.05, 3.63) is 58.7 Å². The molecule has 2 aromatic carbocycles. The molecule has 31 heavy (non-hydrogen) atoms. The Balaban J connectivity index is 1.59. The van der Waals surface area contributed by atoms with Crippen molar-refractivity contribution in [3.8, 4) is 0 Å². The predicted molar refractivity (Wildman–Crippen MR) is 119 cm³/mol. The molecule has 0 bridgehead atoms. The standard InChI is InChI=1S/C24H28N2O4S/c1-15-9-11-19(12-17(15)3)25-31(29,30)22-13-18(10-8-16(22)2)14-26-23(27)20-6-4-5-7-21(20)24(26)28/h8-13,20-21,25H,4-7,14H2,1-3H3/t20-,21-/m0/s1. The number of nitrogens with one attached hydrogen (secondary N) is 1. The van der Waals surface area contributed by atoms with Crippen LogP contribution in [0.3, 0.4) is 0 Å². The summed E-state index contributed by atoms with van der Waals surface area (Å²) >= 11 is 0. The van der Waals surface area contributed by atoms with Gasteiger partial charge in [-0.1, -0.05) is 31.0 Å². The van der Waals surface area contributed by atoms with Crippen LogP contribution in [0.5, 0.6) is 0 Å². The summed E-state index contributed by atoms with van der Waals surface area (Å²) in [5.74, 6) is -0.649. The fraction of sp³-hybridized carbons (Fsp3) is 0.417. The van der Waals surface area contributed by atoms with Crippen LogP contribution in [0.25, 0.3) is 0 Å². The van der Waals surface area contributed by atoms with Crippen LogP contribution in [0.4, 0.5) is 5.69 Å². The molecule has 2 atom stereocenters. The van der Waals surface area contributed by atoms with Gasteiger partial charge in [-0.05, 0) is 74.1 Å². The number of hydrogen-bond acceptors (Lipinski definition) is 4. The first-order valence-electron chi connectivity index (χ1n) is 10.7. The van der Waals surface area contributed by atoms with Gasteiger partial charge in [0, 0.05) is 5.69 Å². The van der Waals surface area contributed by atoms with Crippen molar-refractivity contribution in [3.63, 3.8) is 0 Å². The number of aryl methyl sites for hydroxylation is 3. The molecule has 2 amide bonds. The maximum Gasteiger partial charge on any atom is 0.262 e. The van der Waals surface area contributed by atoms with E-state index in [1.165, 1.54) is 4.90 Å². The highest BCUT2D eigenvalue weighted by molar-refractivity contribution is 7.92. The van der Waals surface area contributed by atoms with Crippen molar-refractivity contribution < 1.29 is 18.0 Å². The summed E-state index contributed by atoms with van der Waals surface area (Å²) in [6.07, 6.45) is 3.48. The van der Waals surface area contributed by atoms with Gasteiger partial charge in [-0.2, -0.15) is 0 Å². The number of imide groups is 1. The van der Waals surface area contributed by atoms with Gasteiger partial charge in [0.15, 0.2) is 0 Å². The smallest absolute Gasteiger partial charge is 0.262 e. The highest BCUT2D eigenvalue weighted by Crippen LogP contribution is 2.38. The lowest BCUT2D eigenvalue weighted by Gasteiger charge is -2.19. The van der Waals surface area contributed by atoms with E-state index in [9.17, 15) is 18.0 Å². The predicted octanol–water partition coefficient (Wildman–Crippen LogP) is 4.09. The molecule has 164 valence electrons. The monoisotopic (exact) mass is 440 g/mol. The van der Waals surface area contributed by atoms with Crippen molar-refractivity contribution >= 4 is 27.5 Å². The first-order valence-corrected chi connectivity index (χ1v) is 12.2. The van der Waals surface area contributed by atoms with Crippen LogP contribution in [-0.4, -0.2) is 25.1 Å². The SMILES string of the molecule is Cc1ccc(NS(=O)(=O)c2cc(CN3C(=O)[C@H]4CCCC[C@@H]4C3=O)ccc2C)cc1C. The number of likely N-dealkylation sites (tertiary alicyclic amines) is 1. The molecule has 1 saturated heterocycles. The summed E-state index contributed by atoms with van der Waals surface area (Å²) in [6.45, 7) is 5.75. The fourth-order valence-electron chi connectivity index (χ4n) is 4.62. The van der Waals surface area contributed by atoms with E-state index in [2.05, 4.69) is 4.72 Å². The van der Waals surface area contributed by atoms with Gasteiger partial charge in [-0.25, -0.2) is 8.42 Å². The van der Waals surface area contributed by atoms with E-state index >= 15 is 0 Å². The topological polar surface area (TPSA) is 83.6 Å². The number of rotatable bonds is 5. The third kappa shape index (κ3) is 4.11. The molecule has 1 aliphatic carbocycles. The number of nitrogens with zero attached hydrogens (tertiary/aromatic N) is 1. The Hall–Kier alpha value is -2.67. The summed E-state index contributed by atoms with van der Waals surface area (Å²) in [4.78, 5) is 27.0. The van der Waals surface area contributed by atoms with Crippen LogP contribution in [0.1, 0.15) is 47.9 Å². The maximum absolute atomic E-state index is 13.1. The molecule has 6 nitrogen and oxygen atoms in total. The van der Waals surface area contributed by atoms with Gasteiger partial charge >= 0.3 is 0 Å². The zero-order chi connectivity index (χ0) is 22.3. The Morgan fingerprint density at radius 3 is 2.10 bits per heavy atom. The zero-order valence-corrected chi connectivity index (χ0v) is 19.0. The third-order valence-electron chi connectivity index (χ3n) is 6.57. The van der Waals surface area contributed by atoms with Crippen LogP contribution in [0.2, 0.25) is 0 Å². The average Bonchev–Trinajstić information content (AvgIpc) is 2.97. The first-order chi connectivity index (χ1) is 14.7. The maximum atomic E-state index is 13.1. The molecule has 1 N–H and O–H groups in total. The average molecular weight is 441 g/mol. The number of hydrogen-bond donors (Lipinski definition) is 1. The molecule has 2 aliphatic rings. The Morgan fingerprint density at radius 2 is 1.48 bits per heavy atom. The van der Waals surface area contributed by atoms with Crippen molar-refractivity contribution in [2.45, 2.75) is 57.9 Å². The van der Waals surface area contributed by atoms with Crippen LogP contribution in [-0.2, 0) is 26.2 Å². The third-order valence-corrected chi connectivity index (χ3v) is 8.10. The number of anilines is 1. The molecule has 2 aromatic rings. The second kappa shape index (κ2) is 8.11. The zero-order valence-electron chi connectivity index (χ0n) is 18.1. The summed E-state index contributed by atoms with van der Waals surface area (Å²) in [5, 5.41) is 0. The van der Waals surface area contributed by atoms with Gasteiger partial charge in [0.05, 0.1) is 23.3 Å². The van der Waals surface area contributed by atoms with Gasteiger partial charge in [0.1, 0.15) is 0 Å². The molecule has 1 heterocycles. The lowest BCUT2D eigenvalue weighted by molar-refractivity contribution is -0.140. The van der Waals surface area contributed by atoms with E-state index in [0.29, 0.717) is 16.8 Å². The molecule has 2 fully saturated rings. The Bertz CT molecular complexity index is 1130. The number of carbonyl (C=O) groups excluding carboxylic acids is 2. The van der Waals surface area contributed by atoms with E-state index in [-0.39, 0.29) is 35.1 Å². The van der Waals surface area contributed by atoms with E-state index in [4.69, 9.17) is 0 Å². The quantitative estimate of drug-likeness (QED) is 0.710. The Labute approximate surface area is 183 Å². The van der Waals surface area contributed by atoms with E-state index in [1.807, 2.05) is 19.9 Å². The number of sulfonamides is 1. The summed E-state index contributed by atoms with van der Waals surface area (Å²) in [6, 6.07) is 10.5. The molecule has 1 saturated carbocycles. The van der Waals surface area contributed by atoms with Gasteiger partial charge in [0.25, 0.3) is 10.0 Å². The van der Waals surface area contributed by atoms with E-state index in [1.54, 1.807) is 37.3 Å². The van der Waals surface area contributed by atoms with Crippen molar-refractivity contribution in [1.29, 1.82) is 0 Å². The van der Waals surface area contributed by atoms with Gasteiger partial charge in [0.2, 0.25) is 11.8 Å². The molecule has 0 radical (unpaired) electrons. The lowest BCUT2D eigenvalue weighted by Crippen LogP contribution is -2.30. The van der Waals surface area contributed by atoms with Crippen molar-refractivity contribution in [1.82, 2.24) is 4.90 Å². The van der Waals surface area contributed by atoms with Crippen molar-refractivity contribution in [2.24, 2.45) is 11.8 Å². The van der Waals surface area contributed by atoms with E-state index in [0.717, 1.165) is 36.8 Å². The number of amides is 2. The largest absolute Gasteiger partial charge is 0.280 e. The minimum absolute atomic E-state index is 0.108. The molecule has 0 aromatic heterocycles. The van der Waals surface area contributed by atoms with E-state index < -0.39 is 10.0 Å². The van der Waals surface area contributed by atoms with Crippen LogP contribution in [0, 0.1) is 32.6 Å². The molecular weight excluding hydrogens is 412 g/mol. The van der Waals surface area contributed by atoms with Gasteiger partial charge < -0.3 is 0 Å². The summed E-state index contributed by atoms with van der Waals surface area (Å²) in [7, 11) is -3.82. The fourth-order valence-corrected chi connectivity index (χ4v) is 5.96. The van der Waals surface area contributed by atoms with Crippen LogP contribution < -0.4 is 4.72 Å². The molecule has 1 aliphatic heterocycles. The van der Waals surface area contributed by atoms with Gasteiger partial charge in [-0.15, -0.1) is 0 Å². The minimum atomic E-state index is -3.82. The highest BCUT2D eigenvalue weighted by atomic mass is 32.2. The lowest BCUT2D eigenvalue weighted by atomic mass is 9.81. The Kier molecular flexibility index (Phi) is 5.64. The molecule has 4 rings (SSSR count). The molecule has 0 spiro atoms. The first kappa shape index (κ1) is 21.6.